The summed E-state index contributed by atoms with van der Waals surface area (Å²) in [5, 5.41) is 0. The predicted molar refractivity (Wildman–Crippen MR) is 77.7 cm³/mol. The minimum absolute atomic E-state index is 0.0791. The quantitative estimate of drug-likeness (QED) is 0.716. The van der Waals surface area contributed by atoms with Crippen LogP contribution in [0.5, 0.6) is 0 Å². The largest absolute Gasteiger partial charge is 0.466 e. The van der Waals surface area contributed by atoms with Gasteiger partial charge in [0, 0.05) is 26.2 Å². The molecule has 1 atom stereocenters. The van der Waals surface area contributed by atoms with Gasteiger partial charge in [0.25, 0.3) is 5.56 Å². The normalized spacial score (nSPS) is 18.3. The Morgan fingerprint density at radius 1 is 1.59 bits per heavy atom. The fourth-order valence-electron chi connectivity index (χ4n) is 2.26. The molecule has 1 aliphatic rings. The van der Waals surface area contributed by atoms with E-state index >= 15 is 0 Å². The molecule has 122 valence electrons. The zero-order valence-corrected chi connectivity index (χ0v) is 12.7. The number of hydrogen-bond donors (Lipinski definition) is 0. The van der Waals surface area contributed by atoms with Gasteiger partial charge in [-0.3, -0.25) is 14.2 Å². The van der Waals surface area contributed by atoms with Crippen LogP contribution in [0.25, 0.3) is 0 Å². The van der Waals surface area contributed by atoms with Crippen LogP contribution in [0, 0.1) is 0 Å². The molecular formula is C14H20FN3O4. The second-order valence-electron chi connectivity index (χ2n) is 5.00. The van der Waals surface area contributed by atoms with Crippen molar-refractivity contribution in [3.63, 3.8) is 0 Å². The van der Waals surface area contributed by atoms with E-state index in [4.69, 9.17) is 9.47 Å². The molecule has 0 aromatic carbocycles. The number of anilines is 1. The third-order valence-electron chi connectivity index (χ3n) is 3.46. The smallest absolute Gasteiger partial charge is 0.313 e. The van der Waals surface area contributed by atoms with Crippen LogP contribution in [0.1, 0.15) is 12.7 Å². The summed E-state index contributed by atoms with van der Waals surface area (Å²) >= 11 is 0. The van der Waals surface area contributed by atoms with Gasteiger partial charge in [0.15, 0.2) is 0 Å². The van der Waals surface area contributed by atoms with Crippen molar-refractivity contribution in [1.29, 1.82) is 0 Å². The maximum atomic E-state index is 12.7. The van der Waals surface area contributed by atoms with Crippen molar-refractivity contribution in [3.8, 4) is 0 Å². The molecule has 0 radical (unpaired) electrons. The van der Waals surface area contributed by atoms with Crippen LogP contribution < -0.4 is 10.5 Å². The Hall–Kier alpha value is -1.96. The van der Waals surface area contributed by atoms with Gasteiger partial charge < -0.3 is 14.4 Å². The molecule has 0 N–H and O–H groups in total. The number of hydrogen-bond acceptors (Lipinski definition) is 6. The molecule has 0 saturated carbocycles. The highest BCUT2D eigenvalue weighted by Crippen LogP contribution is 2.14. The third-order valence-corrected chi connectivity index (χ3v) is 3.46. The number of morpholine rings is 1. The van der Waals surface area contributed by atoms with Crippen LogP contribution in [-0.4, -0.2) is 54.6 Å². The molecule has 1 aliphatic heterocycles. The first-order valence-electron chi connectivity index (χ1n) is 7.20. The van der Waals surface area contributed by atoms with Crippen molar-refractivity contribution in [2.24, 2.45) is 7.05 Å². The van der Waals surface area contributed by atoms with Gasteiger partial charge in [0.1, 0.15) is 30.8 Å². The Morgan fingerprint density at radius 2 is 2.36 bits per heavy atom. The van der Waals surface area contributed by atoms with Crippen molar-refractivity contribution in [2.75, 3.05) is 37.9 Å². The molecule has 0 spiro atoms. The average molecular weight is 313 g/mol. The first-order chi connectivity index (χ1) is 10.5. The minimum Gasteiger partial charge on any atom is -0.466 e. The molecule has 1 fully saturated rings. The van der Waals surface area contributed by atoms with Gasteiger partial charge in [-0.15, -0.1) is 0 Å². The van der Waals surface area contributed by atoms with Crippen LogP contribution in [0.4, 0.5) is 10.2 Å². The van der Waals surface area contributed by atoms with Crippen molar-refractivity contribution >= 4 is 11.8 Å². The second-order valence-corrected chi connectivity index (χ2v) is 5.00. The monoisotopic (exact) mass is 313 g/mol. The number of esters is 1. The zero-order chi connectivity index (χ0) is 16.1. The van der Waals surface area contributed by atoms with E-state index in [1.807, 2.05) is 0 Å². The molecule has 7 nitrogen and oxygen atoms in total. The second kappa shape index (κ2) is 7.35. The number of carbonyl (C=O) groups excluding carboxylic acids is 1. The maximum Gasteiger partial charge on any atom is 0.313 e. The van der Waals surface area contributed by atoms with E-state index in [1.165, 1.54) is 10.6 Å². The lowest BCUT2D eigenvalue weighted by atomic mass is 10.3. The van der Waals surface area contributed by atoms with E-state index in [9.17, 15) is 14.0 Å². The zero-order valence-electron chi connectivity index (χ0n) is 12.7. The molecule has 22 heavy (non-hydrogen) atoms. The molecule has 1 unspecified atom stereocenters. The average Bonchev–Trinajstić information content (AvgIpc) is 2.52. The number of alkyl halides is 1. The number of nitrogens with zero attached hydrogens (tertiary/aromatic N) is 3. The van der Waals surface area contributed by atoms with Crippen molar-refractivity contribution in [2.45, 2.75) is 19.4 Å². The Kier molecular flexibility index (Phi) is 5.48. The fraction of sp³-hybridized carbons (Fsp3) is 0.643. The highest BCUT2D eigenvalue weighted by atomic mass is 19.1. The maximum absolute atomic E-state index is 12.7. The summed E-state index contributed by atoms with van der Waals surface area (Å²) in [5.74, 6) is 0.319. The number of aromatic nitrogens is 2. The van der Waals surface area contributed by atoms with Gasteiger partial charge in [-0.25, -0.2) is 9.37 Å². The highest BCUT2D eigenvalue weighted by Gasteiger charge is 2.23. The number of rotatable bonds is 5. The SMILES string of the molecule is CCOC(=O)Cc1nc(N2CCOC(CF)C2)cc(=O)n1C. The third kappa shape index (κ3) is 3.82. The van der Waals surface area contributed by atoms with Gasteiger partial charge in [-0.2, -0.15) is 0 Å². The van der Waals surface area contributed by atoms with Gasteiger partial charge in [-0.05, 0) is 6.92 Å². The van der Waals surface area contributed by atoms with Gasteiger partial charge >= 0.3 is 5.97 Å². The van der Waals surface area contributed by atoms with Crippen LogP contribution in [0.3, 0.4) is 0 Å². The molecule has 8 heteroatoms. The first-order valence-corrected chi connectivity index (χ1v) is 7.20. The molecule has 0 aliphatic carbocycles. The van der Waals surface area contributed by atoms with Crippen molar-refractivity contribution < 1.29 is 18.7 Å². The summed E-state index contributed by atoms with van der Waals surface area (Å²) in [7, 11) is 1.55. The summed E-state index contributed by atoms with van der Waals surface area (Å²) in [4.78, 5) is 29.8. The predicted octanol–water partition coefficient (Wildman–Crippen LogP) is 0.0606. The number of carbonyl (C=O) groups is 1. The van der Waals surface area contributed by atoms with E-state index in [2.05, 4.69) is 4.98 Å². The lowest BCUT2D eigenvalue weighted by Gasteiger charge is -2.32. The van der Waals surface area contributed by atoms with Crippen molar-refractivity contribution in [1.82, 2.24) is 9.55 Å². The lowest BCUT2D eigenvalue weighted by Crippen LogP contribution is -2.44. The molecule has 2 rings (SSSR count). The summed E-state index contributed by atoms with van der Waals surface area (Å²) in [6, 6.07) is 1.38. The molecule has 0 bridgehead atoms. The molecule has 0 amide bonds. The Balaban J connectivity index is 2.23. The van der Waals surface area contributed by atoms with E-state index in [0.717, 1.165) is 0 Å². The minimum atomic E-state index is -0.586. The molecule has 1 saturated heterocycles. The fourth-order valence-corrected chi connectivity index (χ4v) is 2.26. The number of halogens is 1. The summed E-state index contributed by atoms with van der Waals surface area (Å²) in [6.45, 7) is 2.63. The lowest BCUT2D eigenvalue weighted by molar-refractivity contribution is -0.142. The Labute approximate surface area is 127 Å². The molecule has 1 aromatic heterocycles. The standard InChI is InChI=1S/C14H20FN3O4/c1-3-21-14(20)7-11-16-12(6-13(19)17(11)2)18-4-5-22-10(8-15)9-18/h6,10H,3-5,7-9H2,1-2H3. The van der Waals surface area contributed by atoms with Gasteiger partial charge in [-0.1, -0.05) is 0 Å². The summed E-state index contributed by atoms with van der Waals surface area (Å²) < 4.78 is 24.2. The Morgan fingerprint density at radius 3 is 3.05 bits per heavy atom. The summed E-state index contributed by atoms with van der Waals surface area (Å²) in [6.07, 6.45) is -0.599. The van der Waals surface area contributed by atoms with Crippen LogP contribution in [-0.2, 0) is 27.7 Å². The van der Waals surface area contributed by atoms with Gasteiger partial charge in [0.05, 0.1) is 13.2 Å². The molecular weight excluding hydrogens is 293 g/mol. The van der Waals surface area contributed by atoms with Crippen LogP contribution >= 0.6 is 0 Å². The van der Waals surface area contributed by atoms with Crippen LogP contribution in [0.15, 0.2) is 10.9 Å². The Bertz CT molecular complexity index is 590. The highest BCUT2D eigenvalue weighted by molar-refractivity contribution is 5.71. The van der Waals surface area contributed by atoms with E-state index in [-0.39, 0.29) is 18.6 Å². The van der Waals surface area contributed by atoms with E-state index < -0.39 is 18.7 Å². The molecule has 1 aromatic rings. The van der Waals surface area contributed by atoms with E-state index in [1.54, 1.807) is 18.9 Å². The van der Waals surface area contributed by atoms with Crippen LogP contribution in [0.2, 0.25) is 0 Å². The van der Waals surface area contributed by atoms with Crippen molar-refractivity contribution in [3.05, 3.63) is 22.2 Å². The summed E-state index contributed by atoms with van der Waals surface area (Å²) in [5.41, 5.74) is -0.271. The molecule has 2 heterocycles. The topological polar surface area (TPSA) is 73.7 Å². The van der Waals surface area contributed by atoms with E-state index in [0.29, 0.717) is 31.3 Å². The van der Waals surface area contributed by atoms with Gasteiger partial charge in [0.2, 0.25) is 0 Å². The number of ether oxygens (including phenoxy) is 2. The first kappa shape index (κ1) is 16.4.